The third-order valence-corrected chi connectivity index (χ3v) is 10.5. The first-order chi connectivity index (χ1) is 28.6. The molecule has 3 heterocycles. The first kappa shape index (κ1) is 40.6. The molecule has 0 saturated heterocycles. The van der Waals surface area contributed by atoms with Gasteiger partial charge in [0.1, 0.15) is 28.6 Å². The Bertz CT molecular complexity index is 2450. The maximum absolute atomic E-state index is 13.6. The zero-order chi connectivity index (χ0) is 41.3. The van der Waals surface area contributed by atoms with Gasteiger partial charge in [0.25, 0.3) is 5.91 Å². The number of hydrogen-bond acceptors (Lipinski definition) is 9. The molecule has 3 aromatic carbocycles. The van der Waals surface area contributed by atoms with Crippen molar-refractivity contribution in [3.05, 3.63) is 142 Å². The molecule has 0 fully saturated rings. The van der Waals surface area contributed by atoms with Gasteiger partial charge in [-0.2, -0.15) is 0 Å². The molecule has 3 amide bonds. The van der Waals surface area contributed by atoms with Crippen LogP contribution in [0.15, 0.2) is 97.6 Å². The summed E-state index contributed by atoms with van der Waals surface area (Å²) < 4.78 is 25.4. The van der Waals surface area contributed by atoms with Crippen molar-refractivity contribution >= 4 is 28.6 Å². The molecule has 0 bridgehead atoms. The van der Waals surface area contributed by atoms with Crippen LogP contribution >= 0.6 is 0 Å². The standard InChI is InChI=1S/C26H25FN4O2.C19H22N4O3/c27-18-4-7-24-21(13-18)17(14-31-24)8-11-30-23-3-1-2-16-12-19(5-6-20(16)23)33-25-9-10-29-15-22(25)26(28)32;1-12(24)21-8-9-22-17-6-2-13-10-15(4-5-16(13)17)26-18-7-3-14(11-23-18)19(20)25/h4-7,9-10,12-15,23,30-31H,1-3,8,11H2,(H2,28,32);3-5,7,10-11,17,22H,2,6,8-9H2,1H3,(H2,20,25)(H,21,24). The molecule has 0 aliphatic heterocycles. The SMILES string of the molecule is CC(=O)NCCNC1CCc2cc(Oc3ccc(C(N)=O)cn3)ccc21.NC(=O)c1cnccc1Oc1ccc2c(c1)CCCC2NCCc1c[nH]c2ccc(F)cc12. The summed E-state index contributed by atoms with van der Waals surface area (Å²) in [7, 11) is 0. The Morgan fingerprint density at radius 2 is 1.56 bits per heavy atom. The van der Waals surface area contributed by atoms with Gasteiger partial charge in [0.2, 0.25) is 17.7 Å². The molecule has 6 aromatic rings. The van der Waals surface area contributed by atoms with Gasteiger partial charge in [-0.15, -0.1) is 0 Å². The molecular weight excluding hydrogens is 752 g/mol. The van der Waals surface area contributed by atoms with Crippen LogP contribution in [0.5, 0.6) is 23.1 Å². The number of hydrogen-bond donors (Lipinski definition) is 6. The van der Waals surface area contributed by atoms with Crippen LogP contribution < -0.4 is 36.9 Å². The number of nitrogens with zero attached hydrogens (tertiary/aromatic N) is 2. The number of rotatable bonds is 14. The molecule has 0 radical (unpaired) electrons. The van der Waals surface area contributed by atoms with Crippen LogP contribution in [-0.2, 0) is 24.1 Å². The van der Waals surface area contributed by atoms with Crippen LogP contribution in [0.3, 0.4) is 0 Å². The molecule has 3 aromatic heterocycles. The second-order valence-electron chi connectivity index (χ2n) is 14.6. The predicted molar refractivity (Wildman–Crippen MR) is 222 cm³/mol. The van der Waals surface area contributed by atoms with E-state index in [0.29, 0.717) is 41.3 Å². The van der Waals surface area contributed by atoms with Crippen molar-refractivity contribution in [2.75, 3.05) is 19.6 Å². The number of H-pyrrole nitrogens is 1. The maximum Gasteiger partial charge on any atom is 0.254 e. The smallest absolute Gasteiger partial charge is 0.254 e. The fraction of sp³-hybridized carbons (Fsp3) is 0.267. The van der Waals surface area contributed by atoms with E-state index in [9.17, 15) is 18.8 Å². The fourth-order valence-electron chi connectivity index (χ4n) is 7.65. The number of pyridine rings is 2. The third-order valence-electron chi connectivity index (χ3n) is 10.5. The van der Waals surface area contributed by atoms with Gasteiger partial charge < -0.3 is 41.9 Å². The van der Waals surface area contributed by atoms with Gasteiger partial charge in [-0.05, 0) is 127 Å². The van der Waals surface area contributed by atoms with Crippen LogP contribution in [0.1, 0.15) is 86.8 Å². The number of carbonyl (C=O) groups is 3. The van der Waals surface area contributed by atoms with E-state index in [1.54, 1.807) is 36.5 Å². The largest absolute Gasteiger partial charge is 0.456 e. The van der Waals surface area contributed by atoms with Crippen LogP contribution in [0.2, 0.25) is 0 Å². The van der Waals surface area contributed by atoms with E-state index in [1.807, 2.05) is 30.5 Å². The van der Waals surface area contributed by atoms with Crippen molar-refractivity contribution < 1.29 is 28.2 Å². The van der Waals surface area contributed by atoms with Gasteiger partial charge in [0.15, 0.2) is 0 Å². The minimum atomic E-state index is -0.571. The summed E-state index contributed by atoms with van der Waals surface area (Å²) in [6.45, 7) is 3.67. The Hall–Kier alpha value is -6.64. The second kappa shape index (κ2) is 18.7. The lowest BCUT2D eigenvalue weighted by Gasteiger charge is -2.27. The van der Waals surface area contributed by atoms with Gasteiger partial charge in [0.05, 0.1) is 5.56 Å². The molecule has 13 nitrogen and oxygen atoms in total. The first-order valence-electron chi connectivity index (χ1n) is 19.7. The molecule has 304 valence electrons. The number of amides is 3. The Balaban J connectivity index is 0.000000185. The number of ether oxygens (including phenoxy) is 2. The highest BCUT2D eigenvalue weighted by Gasteiger charge is 2.23. The summed E-state index contributed by atoms with van der Waals surface area (Å²) in [5.74, 6) is 0.877. The van der Waals surface area contributed by atoms with Crippen LogP contribution in [0.4, 0.5) is 4.39 Å². The Morgan fingerprint density at radius 3 is 2.29 bits per heavy atom. The lowest BCUT2D eigenvalue weighted by atomic mass is 9.87. The quantitative estimate of drug-likeness (QED) is 0.0667. The highest BCUT2D eigenvalue weighted by molar-refractivity contribution is 5.95. The number of aromatic nitrogens is 3. The lowest BCUT2D eigenvalue weighted by Crippen LogP contribution is -2.31. The average molecular weight is 799 g/mol. The van der Waals surface area contributed by atoms with Crippen molar-refractivity contribution in [1.82, 2.24) is 30.9 Å². The van der Waals surface area contributed by atoms with Crippen molar-refractivity contribution in [2.24, 2.45) is 11.5 Å². The summed E-state index contributed by atoms with van der Waals surface area (Å²) in [4.78, 5) is 44.9. The summed E-state index contributed by atoms with van der Waals surface area (Å²) in [6, 6.07) is 22.3. The Labute approximate surface area is 341 Å². The normalized spacial score (nSPS) is 15.4. The van der Waals surface area contributed by atoms with E-state index in [0.717, 1.165) is 68.1 Å². The molecule has 2 atom stereocenters. The zero-order valence-electron chi connectivity index (χ0n) is 32.7. The first-order valence-corrected chi connectivity index (χ1v) is 19.7. The predicted octanol–water partition coefficient (Wildman–Crippen LogP) is 6.49. The van der Waals surface area contributed by atoms with Crippen molar-refractivity contribution in [3.63, 3.8) is 0 Å². The maximum atomic E-state index is 13.6. The second-order valence-corrected chi connectivity index (χ2v) is 14.6. The molecular formula is C45H47FN8O5. The van der Waals surface area contributed by atoms with Crippen molar-refractivity contribution in [1.29, 1.82) is 0 Å². The van der Waals surface area contributed by atoms with E-state index in [2.05, 4.69) is 43.0 Å². The number of aryl methyl sites for hydroxylation is 2. The molecule has 0 saturated carbocycles. The number of carbonyl (C=O) groups excluding carboxylic acids is 3. The van der Waals surface area contributed by atoms with E-state index in [1.165, 1.54) is 47.6 Å². The number of primary amides is 2. The molecule has 14 heteroatoms. The molecule has 0 spiro atoms. The Kier molecular flexibility index (Phi) is 12.9. The number of aromatic amines is 1. The molecule has 2 unspecified atom stereocenters. The average Bonchev–Trinajstić information content (AvgIpc) is 3.83. The molecule has 2 aliphatic rings. The summed E-state index contributed by atoms with van der Waals surface area (Å²) in [6.07, 6.45) is 12.3. The highest BCUT2D eigenvalue weighted by Crippen LogP contribution is 2.36. The monoisotopic (exact) mass is 798 g/mol. The van der Waals surface area contributed by atoms with Crippen molar-refractivity contribution in [2.45, 2.75) is 57.5 Å². The van der Waals surface area contributed by atoms with Crippen LogP contribution in [-0.4, -0.2) is 52.3 Å². The van der Waals surface area contributed by atoms with Gasteiger partial charge in [0, 0.05) is 73.9 Å². The number of nitrogens with one attached hydrogen (secondary N) is 4. The van der Waals surface area contributed by atoms with Crippen molar-refractivity contribution in [3.8, 4) is 23.1 Å². The number of halogens is 1. The topological polar surface area (TPSA) is 199 Å². The van der Waals surface area contributed by atoms with Gasteiger partial charge in [-0.25, -0.2) is 9.37 Å². The lowest BCUT2D eigenvalue weighted by molar-refractivity contribution is -0.118. The summed E-state index contributed by atoms with van der Waals surface area (Å²) in [5.41, 5.74) is 18.3. The van der Waals surface area contributed by atoms with E-state index < -0.39 is 11.8 Å². The third kappa shape index (κ3) is 10.3. The minimum absolute atomic E-state index is 0.0158. The number of fused-ring (bicyclic) bond motifs is 3. The molecule has 59 heavy (non-hydrogen) atoms. The molecule has 8 rings (SSSR count). The summed E-state index contributed by atoms with van der Waals surface area (Å²) >= 11 is 0. The highest BCUT2D eigenvalue weighted by atomic mass is 19.1. The molecule has 2 aliphatic carbocycles. The fourth-order valence-corrected chi connectivity index (χ4v) is 7.65. The van der Waals surface area contributed by atoms with Gasteiger partial charge >= 0.3 is 0 Å². The molecule has 8 N–H and O–H groups in total. The van der Waals surface area contributed by atoms with Gasteiger partial charge in [-0.3, -0.25) is 19.4 Å². The minimum Gasteiger partial charge on any atom is -0.456 e. The van der Waals surface area contributed by atoms with Gasteiger partial charge in [-0.1, -0.05) is 12.1 Å². The number of benzene rings is 3. The van der Waals surface area contributed by atoms with Crippen LogP contribution in [0.25, 0.3) is 10.9 Å². The Morgan fingerprint density at radius 1 is 0.814 bits per heavy atom. The van der Waals surface area contributed by atoms with E-state index in [4.69, 9.17) is 20.9 Å². The number of nitrogens with two attached hydrogens (primary N) is 2. The van der Waals surface area contributed by atoms with Crippen LogP contribution in [0, 0.1) is 5.82 Å². The summed E-state index contributed by atoms with van der Waals surface area (Å²) in [5, 5.41) is 10.9. The van der Waals surface area contributed by atoms with E-state index in [-0.39, 0.29) is 23.3 Å². The van der Waals surface area contributed by atoms with E-state index >= 15 is 0 Å². The zero-order valence-corrected chi connectivity index (χ0v) is 32.7.